The molecule has 0 spiro atoms. The first-order chi connectivity index (χ1) is 15.0. The van der Waals surface area contributed by atoms with Crippen molar-refractivity contribution < 1.29 is 23.4 Å². The van der Waals surface area contributed by atoms with Gasteiger partial charge in [-0.3, -0.25) is 0 Å². The summed E-state index contributed by atoms with van der Waals surface area (Å²) in [6, 6.07) is 14.5. The molecule has 32 heavy (non-hydrogen) atoms. The van der Waals surface area contributed by atoms with Gasteiger partial charge in [-0.2, -0.15) is 18.3 Å². The number of hydrogen-bond acceptors (Lipinski definition) is 3. The molecule has 3 aromatic carbocycles. The van der Waals surface area contributed by atoms with Crippen LogP contribution in [0.3, 0.4) is 0 Å². The number of rotatable bonds is 4. The van der Waals surface area contributed by atoms with Crippen LogP contribution in [0, 0.1) is 0 Å². The van der Waals surface area contributed by atoms with E-state index in [0.717, 1.165) is 0 Å². The maximum absolute atomic E-state index is 14.3. The van der Waals surface area contributed by atoms with Gasteiger partial charge >= 0.3 is 6.18 Å². The Kier molecular flexibility index (Phi) is 5.61. The number of phenolic OH excluding ortho intramolecular Hbond substituents is 1. The van der Waals surface area contributed by atoms with E-state index < -0.39 is 17.7 Å². The highest BCUT2D eigenvalue weighted by Gasteiger charge is 2.59. The molecule has 0 aliphatic carbocycles. The summed E-state index contributed by atoms with van der Waals surface area (Å²) < 4.78 is 44.3. The third-order valence-corrected chi connectivity index (χ3v) is 6.17. The molecule has 1 heterocycles. The van der Waals surface area contributed by atoms with Gasteiger partial charge in [0.15, 0.2) is 5.60 Å². The molecule has 2 N–H and O–H groups in total. The van der Waals surface area contributed by atoms with E-state index in [0.29, 0.717) is 16.6 Å². The second-order valence-corrected chi connectivity index (χ2v) is 8.31. The van der Waals surface area contributed by atoms with Gasteiger partial charge < -0.3 is 10.2 Å². The van der Waals surface area contributed by atoms with Crippen molar-refractivity contribution in [2.45, 2.75) is 24.6 Å². The minimum Gasteiger partial charge on any atom is -0.506 e. The summed E-state index contributed by atoms with van der Waals surface area (Å²) in [7, 11) is 0. The van der Waals surface area contributed by atoms with Crippen LogP contribution in [-0.4, -0.2) is 26.2 Å². The molecule has 4 rings (SSSR count). The first-order valence-electron chi connectivity index (χ1n) is 9.54. The molecule has 166 valence electrons. The number of phenols is 1. The highest BCUT2D eigenvalue weighted by atomic mass is 35.5. The largest absolute Gasteiger partial charge is 0.506 e. The molecule has 1 aromatic heterocycles. The Hall–Kier alpha value is -2.74. The predicted molar refractivity (Wildman–Crippen MR) is 118 cm³/mol. The number of alkyl halides is 3. The maximum atomic E-state index is 14.3. The minimum atomic E-state index is -5.00. The Morgan fingerprint density at radius 1 is 1.00 bits per heavy atom. The lowest BCUT2D eigenvalue weighted by Gasteiger charge is -2.37. The summed E-state index contributed by atoms with van der Waals surface area (Å²) in [6.45, 7) is 1.26. The van der Waals surface area contributed by atoms with Crippen LogP contribution >= 0.6 is 23.2 Å². The summed E-state index contributed by atoms with van der Waals surface area (Å²) in [4.78, 5) is 0. The number of nitrogens with zero attached hydrogens (tertiary/aromatic N) is 2. The lowest BCUT2D eigenvalue weighted by atomic mass is 9.77. The van der Waals surface area contributed by atoms with Crippen LogP contribution < -0.4 is 0 Å². The molecule has 9 heteroatoms. The lowest BCUT2D eigenvalue weighted by molar-refractivity contribution is -0.274. The number of hydrogen-bond donors (Lipinski definition) is 2. The average Bonchev–Trinajstić information content (AvgIpc) is 3.15. The molecule has 0 bridgehead atoms. The van der Waals surface area contributed by atoms with Crippen LogP contribution in [0.15, 0.2) is 66.9 Å². The van der Waals surface area contributed by atoms with E-state index in [1.807, 2.05) is 0 Å². The Morgan fingerprint density at radius 2 is 1.72 bits per heavy atom. The smallest absolute Gasteiger partial charge is 0.422 e. The molecule has 4 nitrogen and oxygen atoms in total. The molecule has 0 fully saturated rings. The van der Waals surface area contributed by atoms with Crippen molar-refractivity contribution >= 4 is 34.1 Å². The van der Waals surface area contributed by atoms with Gasteiger partial charge in [0.25, 0.3) is 0 Å². The van der Waals surface area contributed by atoms with E-state index in [9.17, 15) is 23.4 Å². The first kappa shape index (κ1) is 22.5. The second-order valence-electron chi connectivity index (χ2n) is 7.47. The van der Waals surface area contributed by atoms with Crippen LogP contribution in [0.4, 0.5) is 13.2 Å². The van der Waals surface area contributed by atoms with Gasteiger partial charge in [-0.15, -0.1) is 0 Å². The number of aromatic nitrogens is 2. The number of aromatic hydroxyl groups is 1. The maximum Gasteiger partial charge on any atom is 0.422 e. The van der Waals surface area contributed by atoms with Gasteiger partial charge in [-0.25, -0.2) is 4.68 Å². The van der Waals surface area contributed by atoms with Crippen molar-refractivity contribution in [2.24, 2.45) is 0 Å². The Morgan fingerprint density at radius 3 is 2.38 bits per heavy atom. The zero-order valence-corrected chi connectivity index (χ0v) is 18.1. The summed E-state index contributed by atoms with van der Waals surface area (Å²) in [5, 5.41) is 26.0. The van der Waals surface area contributed by atoms with Crippen molar-refractivity contribution in [3.63, 3.8) is 0 Å². The van der Waals surface area contributed by atoms with Gasteiger partial charge in [0.2, 0.25) is 0 Å². The first-order valence-corrected chi connectivity index (χ1v) is 10.3. The molecular formula is C23H17Cl2F3N2O2. The monoisotopic (exact) mass is 480 g/mol. The second kappa shape index (κ2) is 7.99. The van der Waals surface area contributed by atoms with Gasteiger partial charge in [-0.05, 0) is 47.5 Å². The van der Waals surface area contributed by atoms with E-state index in [4.69, 9.17) is 23.2 Å². The number of fused-ring (bicyclic) bond motifs is 1. The molecule has 0 saturated heterocycles. The highest BCUT2D eigenvalue weighted by Crippen LogP contribution is 2.50. The molecule has 0 radical (unpaired) electrons. The fourth-order valence-electron chi connectivity index (χ4n) is 3.84. The van der Waals surface area contributed by atoms with Gasteiger partial charge in [0.05, 0.1) is 11.7 Å². The normalized spacial score (nSPS) is 15.0. The third-order valence-electron chi connectivity index (χ3n) is 5.61. The summed E-state index contributed by atoms with van der Waals surface area (Å²) in [6.07, 6.45) is -3.63. The van der Waals surface area contributed by atoms with Gasteiger partial charge in [0.1, 0.15) is 11.4 Å². The molecule has 2 atom stereocenters. The van der Waals surface area contributed by atoms with Crippen LogP contribution in [0.5, 0.6) is 5.75 Å². The molecule has 0 aliphatic heterocycles. The molecule has 0 saturated carbocycles. The van der Waals surface area contributed by atoms with E-state index in [1.54, 1.807) is 18.2 Å². The van der Waals surface area contributed by atoms with Crippen molar-refractivity contribution in [2.75, 3.05) is 0 Å². The number of halogens is 5. The van der Waals surface area contributed by atoms with Crippen molar-refractivity contribution in [1.82, 2.24) is 9.78 Å². The van der Waals surface area contributed by atoms with E-state index >= 15 is 0 Å². The molecular weight excluding hydrogens is 464 g/mol. The molecule has 2 unspecified atom stereocenters. The zero-order valence-electron chi connectivity index (χ0n) is 16.6. The van der Waals surface area contributed by atoms with Crippen molar-refractivity contribution in [3.8, 4) is 11.4 Å². The SMILES string of the molecule is CC(c1ccc(Cl)cc1Cl)C(O)(c1ccc2c(cnn2-c2ccccc2O)c1)C(F)(F)F. The standard InChI is InChI=1S/C23H17Cl2F3N2O2/c1-13(17-8-7-16(24)11-18(17)25)22(32,23(26,27)28)15-6-9-19-14(10-15)12-29-30(19)20-4-2-3-5-21(20)31/h2-13,31-32H,1H3. The summed E-state index contributed by atoms with van der Waals surface area (Å²) in [5.41, 5.74) is -2.62. The zero-order chi connectivity index (χ0) is 23.3. The third kappa shape index (κ3) is 3.60. The molecule has 0 aliphatic rings. The van der Waals surface area contributed by atoms with Gasteiger partial charge in [0, 0.05) is 21.3 Å². The van der Waals surface area contributed by atoms with E-state index in [2.05, 4.69) is 5.10 Å². The number of benzene rings is 3. The fourth-order valence-corrected chi connectivity index (χ4v) is 4.41. The van der Waals surface area contributed by atoms with Gasteiger partial charge in [-0.1, -0.05) is 54.4 Å². The number of aliphatic hydroxyl groups is 1. The quantitative estimate of drug-likeness (QED) is 0.346. The fraction of sp³-hybridized carbons (Fsp3) is 0.174. The van der Waals surface area contributed by atoms with E-state index in [-0.39, 0.29) is 26.9 Å². The Bertz CT molecular complexity index is 1310. The van der Waals surface area contributed by atoms with Crippen LogP contribution in [0.1, 0.15) is 24.0 Å². The Balaban J connectivity index is 1.86. The van der Waals surface area contributed by atoms with Crippen LogP contribution in [0.2, 0.25) is 10.0 Å². The molecule has 0 amide bonds. The Labute approximate surface area is 191 Å². The highest BCUT2D eigenvalue weighted by molar-refractivity contribution is 6.35. The van der Waals surface area contributed by atoms with E-state index in [1.165, 1.54) is 60.3 Å². The van der Waals surface area contributed by atoms with Crippen molar-refractivity contribution in [3.05, 3.63) is 88.0 Å². The minimum absolute atomic E-state index is 0.0284. The van der Waals surface area contributed by atoms with Crippen molar-refractivity contribution in [1.29, 1.82) is 0 Å². The number of para-hydroxylation sites is 2. The van der Waals surface area contributed by atoms with Crippen LogP contribution in [-0.2, 0) is 5.60 Å². The summed E-state index contributed by atoms with van der Waals surface area (Å²) in [5.74, 6) is -1.46. The topological polar surface area (TPSA) is 58.3 Å². The molecule has 4 aromatic rings. The van der Waals surface area contributed by atoms with Crippen LogP contribution in [0.25, 0.3) is 16.6 Å². The lowest BCUT2D eigenvalue weighted by Crippen LogP contribution is -2.46. The average molecular weight is 481 g/mol. The summed E-state index contributed by atoms with van der Waals surface area (Å²) >= 11 is 12.0. The predicted octanol–water partition coefficient (Wildman–Crippen LogP) is 6.59.